The summed E-state index contributed by atoms with van der Waals surface area (Å²) in [4.78, 5) is 24.3. The Morgan fingerprint density at radius 1 is 1.15 bits per heavy atom. The number of rotatable bonds is 5. The second-order valence-electron chi connectivity index (χ2n) is 5.35. The maximum absolute atomic E-state index is 12.5. The van der Waals surface area contributed by atoms with Crippen molar-refractivity contribution >= 4 is 44.1 Å². The molecule has 7 heteroatoms. The number of carbonyl (C=O) groups is 2. The Morgan fingerprint density at radius 2 is 1.88 bits per heavy atom. The Bertz CT molecular complexity index is 966. The van der Waals surface area contributed by atoms with Crippen LogP contribution in [0.15, 0.2) is 58.4 Å². The fourth-order valence-corrected chi connectivity index (χ4v) is 3.66. The third-order valence-corrected chi connectivity index (χ3v) is 5.14. The fraction of sp³-hybridized carbons (Fsp3) is 0.0526. The first-order chi connectivity index (χ1) is 12.5. The van der Waals surface area contributed by atoms with Gasteiger partial charge in [-0.15, -0.1) is 11.3 Å². The molecule has 0 radical (unpaired) electrons. The van der Waals surface area contributed by atoms with E-state index in [4.69, 9.17) is 4.74 Å². The van der Waals surface area contributed by atoms with E-state index in [9.17, 15) is 14.7 Å². The van der Waals surface area contributed by atoms with Crippen molar-refractivity contribution < 1.29 is 19.4 Å². The molecule has 2 N–H and O–H groups in total. The second kappa shape index (κ2) is 7.72. The van der Waals surface area contributed by atoms with Crippen molar-refractivity contribution in [2.75, 3.05) is 12.4 Å². The van der Waals surface area contributed by atoms with Crippen molar-refractivity contribution in [1.82, 2.24) is 0 Å². The van der Waals surface area contributed by atoms with Gasteiger partial charge in [-0.2, -0.15) is 0 Å². The number of benzene rings is 2. The first-order valence-electron chi connectivity index (χ1n) is 7.55. The summed E-state index contributed by atoms with van der Waals surface area (Å²) < 4.78 is 6.02. The molecule has 0 aliphatic heterocycles. The van der Waals surface area contributed by atoms with Gasteiger partial charge in [-0.05, 0) is 35.9 Å². The molecule has 0 aliphatic rings. The smallest absolute Gasteiger partial charge is 0.339 e. The summed E-state index contributed by atoms with van der Waals surface area (Å²) in [5, 5.41) is 14.4. The minimum Gasteiger partial charge on any atom is -0.497 e. The van der Waals surface area contributed by atoms with Gasteiger partial charge in [-0.1, -0.05) is 34.1 Å². The molecule has 0 atom stereocenters. The highest BCUT2D eigenvalue weighted by molar-refractivity contribution is 9.10. The molecule has 0 unspecified atom stereocenters. The first-order valence-corrected chi connectivity index (χ1v) is 9.23. The zero-order valence-electron chi connectivity index (χ0n) is 13.7. The molecule has 2 aromatic carbocycles. The van der Waals surface area contributed by atoms with Crippen molar-refractivity contribution in [3.05, 3.63) is 69.5 Å². The van der Waals surface area contributed by atoms with Crippen molar-refractivity contribution in [2.24, 2.45) is 0 Å². The average molecular weight is 432 g/mol. The Labute approximate surface area is 162 Å². The summed E-state index contributed by atoms with van der Waals surface area (Å²) in [6, 6.07) is 14.0. The van der Waals surface area contributed by atoms with Crippen molar-refractivity contribution in [2.45, 2.75) is 0 Å². The molecule has 0 fully saturated rings. The normalized spacial score (nSPS) is 10.4. The van der Waals surface area contributed by atoms with Crippen molar-refractivity contribution in [3.8, 4) is 16.9 Å². The molecule has 1 aromatic heterocycles. The van der Waals surface area contributed by atoms with Gasteiger partial charge in [0, 0.05) is 21.0 Å². The van der Waals surface area contributed by atoms with E-state index in [0.717, 1.165) is 10.0 Å². The zero-order chi connectivity index (χ0) is 18.7. The van der Waals surface area contributed by atoms with E-state index >= 15 is 0 Å². The van der Waals surface area contributed by atoms with Crippen LogP contribution < -0.4 is 10.1 Å². The van der Waals surface area contributed by atoms with Gasteiger partial charge >= 0.3 is 5.97 Å². The molecule has 5 nitrogen and oxygen atoms in total. The Kier molecular flexibility index (Phi) is 5.39. The van der Waals surface area contributed by atoms with E-state index in [1.54, 1.807) is 29.6 Å². The Morgan fingerprint density at radius 3 is 2.54 bits per heavy atom. The lowest BCUT2D eigenvalue weighted by Gasteiger charge is -2.07. The highest BCUT2D eigenvalue weighted by atomic mass is 79.9. The number of carboxylic acid groups (broad SMARTS) is 1. The summed E-state index contributed by atoms with van der Waals surface area (Å²) >= 11 is 4.54. The molecule has 0 spiro atoms. The van der Waals surface area contributed by atoms with Gasteiger partial charge in [-0.3, -0.25) is 4.79 Å². The number of methoxy groups -OCH3 is 1. The highest BCUT2D eigenvalue weighted by Crippen LogP contribution is 2.36. The number of ether oxygens (including phenoxy) is 1. The predicted molar refractivity (Wildman–Crippen MR) is 105 cm³/mol. The van der Waals surface area contributed by atoms with Gasteiger partial charge in [0.1, 0.15) is 16.3 Å². The molecule has 3 aromatic rings. The molecule has 0 bridgehead atoms. The van der Waals surface area contributed by atoms with Crippen LogP contribution in [0.2, 0.25) is 0 Å². The van der Waals surface area contributed by atoms with E-state index in [-0.39, 0.29) is 5.56 Å². The van der Waals surface area contributed by atoms with Gasteiger partial charge in [0.2, 0.25) is 0 Å². The van der Waals surface area contributed by atoms with Crippen molar-refractivity contribution in [1.29, 1.82) is 0 Å². The number of hydrogen-bond acceptors (Lipinski definition) is 4. The minimum absolute atomic E-state index is 0.0774. The monoisotopic (exact) mass is 431 g/mol. The summed E-state index contributed by atoms with van der Waals surface area (Å²) in [5.74, 6) is -0.932. The number of aromatic carboxylic acids is 1. The lowest BCUT2D eigenvalue weighted by molar-refractivity contribution is 0.0699. The van der Waals surface area contributed by atoms with Crippen LogP contribution in [0, 0.1) is 0 Å². The SMILES string of the molecule is COc1cccc(C(=O)Nc2scc(-c3ccc(Br)cc3)c2C(=O)O)c1. The maximum atomic E-state index is 12.5. The number of hydrogen-bond donors (Lipinski definition) is 2. The number of anilines is 1. The topological polar surface area (TPSA) is 75.6 Å². The van der Waals surface area contributed by atoms with Crippen LogP contribution in [0.3, 0.4) is 0 Å². The van der Waals surface area contributed by atoms with E-state index < -0.39 is 11.9 Å². The van der Waals surface area contributed by atoms with Gasteiger partial charge in [0.15, 0.2) is 0 Å². The van der Waals surface area contributed by atoms with E-state index in [1.807, 2.05) is 24.3 Å². The molecular formula is C19H14BrNO4S. The summed E-state index contributed by atoms with van der Waals surface area (Å²) in [7, 11) is 1.52. The Hall–Kier alpha value is -2.64. The third-order valence-electron chi connectivity index (χ3n) is 3.72. The largest absolute Gasteiger partial charge is 0.497 e. The summed E-state index contributed by atoms with van der Waals surface area (Å²) in [6.07, 6.45) is 0. The number of carboxylic acids is 1. The molecule has 0 saturated heterocycles. The van der Waals surface area contributed by atoms with Gasteiger partial charge in [0.05, 0.1) is 7.11 Å². The molecule has 132 valence electrons. The Balaban J connectivity index is 1.94. The maximum Gasteiger partial charge on any atom is 0.339 e. The zero-order valence-corrected chi connectivity index (χ0v) is 16.1. The molecule has 0 saturated carbocycles. The van der Waals surface area contributed by atoms with Gasteiger partial charge < -0.3 is 15.2 Å². The fourth-order valence-electron chi connectivity index (χ4n) is 2.44. The molecule has 1 heterocycles. The van der Waals surface area contributed by atoms with Crippen LogP contribution in [0.25, 0.3) is 11.1 Å². The van der Waals surface area contributed by atoms with E-state index in [1.165, 1.54) is 18.4 Å². The quantitative estimate of drug-likeness (QED) is 0.586. The number of carbonyl (C=O) groups excluding carboxylic acids is 1. The average Bonchev–Trinajstić information content (AvgIpc) is 3.06. The van der Waals surface area contributed by atoms with Crippen LogP contribution in [-0.4, -0.2) is 24.1 Å². The number of thiophene rings is 1. The van der Waals surface area contributed by atoms with Crippen LogP contribution in [0.5, 0.6) is 5.75 Å². The van der Waals surface area contributed by atoms with E-state index in [2.05, 4.69) is 21.2 Å². The highest BCUT2D eigenvalue weighted by Gasteiger charge is 2.21. The lowest BCUT2D eigenvalue weighted by Crippen LogP contribution is -2.13. The number of nitrogens with one attached hydrogen (secondary N) is 1. The summed E-state index contributed by atoms with van der Waals surface area (Å²) in [5.41, 5.74) is 1.80. The standard InChI is InChI=1S/C19H14BrNO4S/c1-25-14-4-2-3-12(9-14)17(22)21-18-16(19(23)24)15(10-26-18)11-5-7-13(20)8-6-11/h2-10H,1H3,(H,21,22)(H,23,24). The van der Waals surface area contributed by atoms with Crippen LogP contribution >= 0.6 is 27.3 Å². The van der Waals surface area contributed by atoms with Crippen molar-refractivity contribution in [3.63, 3.8) is 0 Å². The van der Waals surface area contributed by atoms with Gasteiger partial charge in [-0.25, -0.2) is 4.79 Å². The number of halogens is 1. The second-order valence-corrected chi connectivity index (χ2v) is 7.15. The summed E-state index contributed by atoms with van der Waals surface area (Å²) in [6.45, 7) is 0. The van der Waals surface area contributed by atoms with Crippen LogP contribution in [-0.2, 0) is 0 Å². The van der Waals surface area contributed by atoms with E-state index in [0.29, 0.717) is 21.9 Å². The third kappa shape index (κ3) is 3.79. The molecule has 3 rings (SSSR count). The van der Waals surface area contributed by atoms with Crippen LogP contribution in [0.1, 0.15) is 20.7 Å². The molecular weight excluding hydrogens is 418 g/mol. The molecule has 1 amide bonds. The number of amides is 1. The minimum atomic E-state index is -1.09. The predicted octanol–water partition coefficient (Wildman–Crippen LogP) is 5.14. The molecule has 0 aliphatic carbocycles. The van der Waals surface area contributed by atoms with Gasteiger partial charge in [0.25, 0.3) is 5.91 Å². The molecule has 26 heavy (non-hydrogen) atoms. The van der Waals surface area contributed by atoms with Crippen LogP contribution in [0.4, 0.5) is 5.00 Å². The first kappa shape index (κ1) is 18.2. The lowest BCUT2D eigenvalue weighted by atomic mass is 10.0.